The molecule has 1 aromatic carbocycles. The Morgan fingerprint density at radius 1 is 1.07 bits per heavy atom. The Morgan fingerprint density at radius 3 is 2.81 bits per heavy atom. The number of hydrogen-bond donors (Lipinski definition) is 0. The predicted molar refractivity (Wildman–Crippen MR) is 107 cm³/mol. The fourth-order valence-electron chi connectivity index (χ4n) is 4.16. The first-order chi connectivity index (χ1) is 13.2. The molecule has 3 heterocycles. The van der Waals surface area contributed by atoms with Crippen LogP contribution in [0.3, 0.4) is 0 Å². The second-order valence-corrected chi connectivity index (χ2v) is 7.53. The summed E-state index contributed by atoms with van der Waals surface area (Å²) in [6, 6.07) is 8.81. The van der Waals surface area contributed by atoms with Gasteiger partial charge in [-0.3, -0.25) is 19.1 Å². The number of aromatic nitrogens is 4. The molecule has 0 bridgehead atoms. The second-order valence-electron chi connectivity index (χ2n) is 7.53. The van der Waals surface area contributed by atoms with Crippen LogP contribution < -0.4 is 5.69 Å². The number of imidazole rings is 1. The third-order valence-corrected chi connectivity index (χ3v) is 5.77. The van der Waals surface area contributed by atoms with E-state index in [1.165, 1.54) is 5.56 Å². The summed E-state index contributed by atoms with van der Waals surface area (Å²) >= 11 is 0. The lowest BCUT2D eigenvalue weighted by Crippen LogP contribution is -2.21. The minimum absolute atomic E-state index is 0.0523. The van der Waals surface area contributed by atoms with Gasteiger partial charge in [-0.05, 0) is 42.2 Å². The largest absolute Gasteiger partial charge is 0.329 e. The summed E-state index contributed by atoms with van der Waals surface area (Å²) in [7, 11) is 1.83. The Labute approximate surface area is 155 Å². The van der Waals surface area contributed by atoms with Crippen LogP contribution in [0.2, 0.25) is 0 Å². The molecule has 6 rings (SSSR count). The lowest BCUT2D eigenvalue weighted by atomic mass is 10.0. The maximum atomic E-state index is 12.8. The van der Waals surface area contributed by atoms with Crippen molar-refractivity contribution < 1.29 is 0 Å². The van der Waals surface area contributed by atoms with E-state index < -0.39 is 0 Å². The Balaban J connectivity index is 1.65. The summed E-state index contributed by atoms with van der Waals surface area (Å²) in [5.74, 6) is 0. The smallest absolute Gasteiger partial charge is 0.293 e. The van der Waals surface area contributed by atoms with E-state index in [4.69, 9.17) is 0 Å². The molecule has 132 valence electrons. The number of benzene rings is 1. The molecule has 1 fully saturated rings. The van der Waals surface area contributed by atoms with Crippen LogP contribution in [0.25, 0.3) is 39.1 Å². The molecule has 0 unspecified atom stereocenters. The van der Waals surface area contributed by atoms with Crippen LogP contribution >= 0.6 is 0 Å². The van der Waals surface area contributed by atoms with Crippen molar-refractivity contribution in [3.63, 3.8) is 0 Å². The normalized spacial score (nSPS) is 15.7. The molecule has 0 radical (unpaired) electrons. The minimum Gasteiger partial charge on any atom is -0.293 e. The van der Waals surface area contributed by atoms with Crippen LogP contribution in [-0.2, 0) is 13.5 Å². The van der Waals surface area contributed by atoms with Crippen molar-refractivity contribution in [1.29, 1.82) is 0 Å². The van der Waals surface area contributed by atoms with E-state index in [2.05, 4.69) is 40.3 Å². The summed E-state index contributed by atoms with van der Waals surface area (Å²) in [6.45, 7) is 0. The summed E-state index contributed by atoms with van der Waals surface area (Å²) in [6.07, 6.45) is 11.1. The molecule has 5 nitrogen and oxygen atoms in total. The van der Waals surface area contributed by atoms with Crippen LogP contribution in [0.1, 0.15) is 30.1 Å². The summed E-state index contributed by atoms with van der Waals surface area (Å²) in [4.78, 5) is 22.0. The van der Waals surface area contributed by atoms with E-state index in [0.29, 0.717) is 6.04 Å². The zero-order valence-corrected chi connectivity index (χ0v) is 15.0. The van der Waals surface area contributed by atoms with Gasteiger partial charge >= 0.3 is 5.69 Å². The topological polar surface area (TPSA) is 52.7 Å². The van der Waals surface area contributed by atoms with Gasteiger partial charge in [0.25, 0.3) is 0 Å². The van der Waals surface area contributed by atoms with E-state index in [9.17, 15) is 4.79 Å². The van der Waals surface area contributed by atoms with E-state index in [1.54, 1.807) is 4.57 Å². The highest BCUT2D eigenvalue weighted by Crippen LogP contribution is 2.38. The van der Waals surface area contributed by atoms with Crippen LogP contribution in [0.5, 0.6) is 0 Å². The van der Waals surface area contributed by atoms with Gasteiger partial charge < -0.3 is 0 Å². The highest BCUT2D eigenvalue weighted by atomic mass is 16.1. The van der Waals surface area contributed by atoms with E-state index in [1.807, 2.05) is 30.1 Å². The first kappa shape index (κ1) is 14.9. The highest BCUT2D eigenvalue weighted by molar-refractivity contribution is 6.04. The number of nitrogens with zero attached hydrogens (tertiary/aromatic N) is 4. The Bertz CT molecular complexity index is 1340. The van der Waals surface area contributed by atoms with Gasteiger partial charge in [0.1, 0.15) is 0 Å². The molecule has 0 saturated heterocycles. The quantitative estimate of drug-likeness (QED) is 0.549. The summed E-state index contributed by atoms with van der Waals surface area (Å²) in [5.41, 5.74) is 7.39. The van der Waals surface area contributed by atoms with Crippen molar-refractivity contribution in [2.75, 3.05) is 0 Å². The Hall–Kier alpha value is -3.21. The molecular formula is C22H18N4O. The Kier molecular flexibility index (Phi) is 2.85. The average Bonchev–Trinajstić information content (AvgIpc) is 3.36. The van der Waals surface area contributed by atoms with E-state index in [0.717, 1.165) is 58.0 Å². The standard InChI is InChI=1S/C22H18N4O/c1-25-20-12-24-19-8-5-13(15-9-14-3-2-4-18(14)23-11-15)10-17(19)21(20)26(22(25)27)16-6-7-16/h2-3,5,8-12,16H,4,6-7H2,1H3. The maximum Gasteiger partial charge on any atom is 0.329 e. The monoisotopic (exact) mass is 354 g/mol. The molecule has 2 aliphatic carbocycles. The zero-order valence-electron chi connectivity index (χ0n) is 15.0. The molecule has 0 atom stereocenters. The SMILES string of the molecule is Cn1c(=O)n(C2CC2)c2c3cc(-c4cnc5c(c4)C=CC5)ccc3ncc21. The summed E-state index contributed by atoms with van der Waals surface area (Å²) in [5, 5.41) is 1.03. The first-order valence-electron chi connectivity index (χ1n) is 9.36. The van der Waals surface area contributed by atoms with Crippen LogP contribution in [0, 0.1) is 0 Å². The third kappa shape index (κ3) is 2.08. The van der Waals surface area contributed by atoms with Crippen LogP contribution in [-0.4, -0.2) is 19.1 Å². The van der Waals surface area contributed by atoms with Gasteiger partial charge in [0.15, 0.2) is 0 Å². The van der Waals surface area contributed by atoms with Crippen LogP contribution in [0.4, 0.5) is 0 Å². The van der Waals surface area contributed by atoms with E-state index in [-0.39, 0.29) is 5.69 Å². The van der Waals surface area contributed by atoms with Crippen LogP contribution in [0.15, 0.2) is 47.5 Å². The van der Waals surface area contributed by atoms with Crippen molar-refractivity contribution in [1.82, 2.24) is 19.1 Å². The molecule has 0 aliphatic heterocycles. The van der Waals surface area contributed by atoms with Gasteiger partial charge in [-0.25, -0.2) is 4.79 Å². The fourth-order valence-corrected chi connectivity index (χ4v) is 4.16. The number of fused-ring (bicyclic) bond motifs is 4. The van der Waals surface area contributed by atoms with Crippen molar-refractivity contribution in [2.45, 2.75) is 25.3 Å². The molecule has 27 heavy (non-hydrogen) atoms. The van der Waals surface area contributed by atoms with Crippen molar-refractivity contribution in [3.8, 4) is 11.1 Å². The molecule has 3 aromatic heterocycles. The van der Waals surface area contributed by atoms with E-state index >= 15 is 0 Å². The number of aryl methyl sites for hydroxylation is 1. The molecule has 0 spiro atoms. The van der Waals surface area contributed by atoms with Crippen molar-refractivity contribution in [3.05, 3.63) is 64.5 Å². The maximum absolute atomic E-state index is 12.8. The third-order valence-electron chi connectivity index (χ3n) is 5.77. The number of hydrogen-bond acceptors (Lipinski definition) is 3. The number of allylic oxidation sites excluding steroid dienone is 1. The van der Waals surface area contributed by atoms with Gasteiger partial charge in [0, 0.05) is 36.7 Å². The molecule has 1 saturated carbocycles. The van der Waals surface area contributed by atoms with Crippen molar-refractivity contribution >= 4 is 28.0 Å². The van der Waals surface area contributed by atoms with Crippen molar-refractivity contribution in [2.24, 2.45) is 7.05 Å². The lowest BCUT2D eigenvalue weighted by Gasteiger charge is -2.08. The fraction of sp³-hybridized carbons (Fsp3) is 0.227. The highest BCUT2D eigenvalue weighted by Gasteiger charge is 2.29. The lowest BCUT2D eigenvalue weighted by molar-refractivity contribution is 0.697. The Morgan fingerprint density at radius 2 is 1.96 bits per heavy atom. The van der Waals surface area contributed by atoms with Gasteiger partial charge in [0.2, 0.25) is 0 Å². The first-order valence-corrected chi connectivity index (χ1v) is 9.36. The van der Waals surface area contributed by atoms with Gasteiger partial charge in [-0.15, -0.1) is 0 Å². The van der Waals surface area contributed by atoms with Gasteiger partial charge in [-0.1, -0.05) is 18.2 Å². The number of rotatable bonds is 2. The molecule has 4 aromatic rings. The molecule has 2 aliphatic rings. The van der Waals surface area contributed by atoms with Gasteiger partial charge in [0.05, 0.1) is 28.4 Å². The predicted octanol–water partition coefficient (Wildman–Crippen LogP) is 3.85. The number of pyridine rings is 2. The zero-order chi connectivity index (χ0) is 18.1. The van der Waals surface area contributed by atoms with Gasteiger partial charge in [-0.2, -0.15) is 0 Å². The molecule has 5 heteroatoms. The molecular weight excluding hydrogens is 336 g/mol. The molecule has 0 N–H and O–H groups in total. The minimum atomic E-state index is 0.0523. The molecule has 0 amide bonds. The second kappa shape index (κ2) is 5.16. The summed E-state index contributed by atoms with van der Waals surface area (Å²) < 4.78 is 3.68. The average molecular weight is 354 g/mol.